The van der Waals surface area contributed by atoms with Crippen molar-refractivity contribution in [3.05, 3.63) is 59.4 Å². The molecule has 2 aromatic carbocycles. The van der Waals surface area contributed by atoms with Gasteiger partial charge in [0, 0.05) is 17.5 Å². The molecule has 3 aromatic rings. The van der Waals surface area contributed by atoms with Gasteiger partial charge in [0.25, 0.3) is 0 Å². The molecule has 0 N–H and O–H groups in total. The van der Waals surface area contributed by atoms with Gasteiger partial charge in [0.15, 0.2) is 5.82 Å². The molecule has 5 nitrogen and oxygen atoms in total. The van der Waals surface area contributed by atoms with Crippen LogP contribution in [0.5, 0.6) is 6.01 Å². The molecule has 0 saturated heterocycles. The van der Waals surface area contributed by atoms with Crippen LogP contribution in [0, 0.1) is 5.82 Å². The molecule has 0 radical (unpaired) electrons. The first-order chi connectivity index (χ1) is 11.0. The van der Waals surface area contributed by atoms with Crippen LogP contribution in [0.25, 0.3) is 17.1 Å². The molecule has 7 heteroatoms. The third kappa shape index (κ3) is 3.37. The molecule has 0 atom stereocenters. The molecule has 0 aliphatic carbocycles. The van der Waals surface area contributed by atoms with Crippen LogP contribution in [0.4, 0.5) is 4.39 Å². The number of carbonyl (C=O) groups is 1. The molecule has 0 aliphatic heterocycles. The van der Waals surface area contributed by atoms with Crippen molar-refractivity contribution in [2.24, 2.45) is 0 Å². The normalized spacial score (nSPS) is 10.6. The number of esters is 1. The SMILES string of the molecule is CC(=O)Oc1nc(-c2ccc(F)cc2)n(-c2ccc(Cl)cc2)n1. The van der Waals surface area contributed by atoms with Crippen LogP contribution < -0.4 is 4.74 Å². The first kappa shape index (κ1) is 15.2. The van der Waals surface area contributed by atoms with E-state index >= 15 is 0 Å². The number of rotatable bonds is 3. The lowest BCUT2D eigenvalue weighted by atomic mass is 10.2. The Morgan fingerprint density at radius 1 is 1.13 bits per heavy atom. The number of halogens is 2. The maximum Gasteiger partial charge on any atom is 0.344 e. The molecule has 23 heavy (non-hydrogen) atoms. The lowest BCUT2D eigenvalue weighted by Gasteiger charge is -2.05. The Kier molecular flexibility index (Phi) is 4.08. The van der Waals surface area contributed by atoms with Crippen LogP contribution in [-0.4, -0.2) is 20.7 Å². The summed E-state index contributed by atoms with van der Waals surface area (Å²) in [6.07, 6.45) is 0. The number of hydrogen-bond acceptors (Lipinski definition) is 4. The van der Waals surface area contributed by atoms with Crippen molar-refractivity contribution in [2.75, 3.05) is 0 Å². The van der Waals surface area contributed by atoms with E-state index in [1.165, 1.54) is 23.7 Å². The largest absolute Gasteiger partial charge is 0.390 e. The fourth-order valence-corrected chi connectivity index (χ4v) is 2.14. The molecule has 0 bridgehead atoms. The first-order valence-corrected chi connectivity index (χ1v) is 7.08. The van der Waals surface area contributed by atoms with Crippen molar-refractivity contribution in [1.82, 2.24) is 14.8 Å². The van der Waals surface area contributed by atoms with Crippen LogP contribution in [0.3, 0.4) is 0 Å². The lowest BCUT2D eigenvalue weighted by molar-refractivity contribution is -0.132. The fourth-order valence-electron chi connectivity index (χ4n) is 2.01. The Balaban J connectivity index is 2.12. The van der Waals surface area contributed by atoms with E-state index in [1.54, 1.807) is 36.4 Å². The van der Waals surface area contributed by atoms with E-state index in [2.05, 4.69) is 10.1 Å². The molecular formula is C16H11ClFN3O2. The van der Waals surface area contributed by atoms with Crippen molar-refractivity contribution >= 4 is 17.6 Å². The Morgan fingerprint density at radius 2 is 1.78 bits per heavy atom. The highest BCUT2D eigenvalue weighted by Gasteiger charge is 2.16. The quantitative estimate of drug-likeness (QED) is 0.687. The zero-order chi connectivity index (χ0) is 16.4. The van der Waals surface area contributed by atoms with Gasteiger partial charge in [0.2, 0.25) is 0 Å². The van der Waals surface area contributed by atoms with Crippen LogP contribution >= 0.6 is 11.6 Å². The molecule has 0 spiro atoms. The van der Waals surface area contributed by atoms with Gasteiger partial charge in [0.1, 0.15) is 5.82 Å². The summed E-state index contributed by atoms with van der Waals surface area (Å²) in [4.78, 5) is 15.3. The molecule has 0 aliphatic rings. The molecule has 0 amide bonds. The summed E-state index contributed by atoms with van der Waals surface area (Å²) >= 11 is 5.89. The van der Waals surface area contributed by atoms with Crippen LogP contribution in [0.15, 0.2) is 48.5 Å². The second-order valence-corrected chi connectivity index (χ2v) is 5.14. The van der Waals surface area contributed by atoms with E-state index in [9.17, 15) is 9.18 Å². The number of hydrogen-bond donors (Lipinski definition) is 0. The third-order valence-electron chi connectivity index (χ3n) is 3.00. The summed E-state index contributed by atoms with van der Waals surface area (Å²) < 4.78 is 19.6. The second-order valence-electron chi connectivity index (χ2n) is 4.71. The Hall–Kier alpha value is -2.73. The number of aromatic nitrogens is 3. The van der Waals surface area contributed by atoms with Gasteiger partial charge in [-0.3, -0.25) is 4.79 Å². The van der Waals surface area contributed by atoms with Crippen LogP contribution in [0.1, 0.15) is 6.92 Å². The monoisotopic (exact) mass is 331 g/mol. The van der Waals surface area contributed by atoms with Crippen molar-refractivity contribution in [3.63, 3.8) is 0 Å². The molecule has 0 fully saturated rings. The van der Waals surface area contributed by atoms with E-state index in [1.807, 2.05) is 0 Å². The molecule has 0 saturated carbocycles. The van der Waals surface area contributed by atoms with Gasteiger partial charge in [-0.2, -0.15) is 4.98 Å². The Labute approximate surface area is 136 Å². The van der Waals surface area contributed by atoms with Gasteiger partial charge in [0.05, 0.1) is 5.69 Å². The van der Waals surface area contributed by atoms with Gasteiger partial charge in [-0.1, -0.05) is 11.6 Å². The summed E-state index contributed by atoms with van der Waals surface area (Å²) in [6.45, 7) is 1.26. The Morgan fingerprint density at radius 3 is 2.39 bits per heavy atom. The average Bonchev–Trinajstić information content (AvgIpc) is 2.91. The number of carbonyl (C=O) groups excluding carboxylic acids is 1. The summed E-state index contributed by atoms with van der Waals surface area (Å²) in [5, 5.41) is 4.76. The molecule has 116 valence electrons. The van der Waals surface area contributed by atoms with E-state index in [0.717, 1.165) is 0 Å². The summed E-state index contributed by atoms with van der Waals surface area (Å²) in [6, 6.07) is 12.6. The highest BCUT2D eigenvalue weighted by atomic mass is 35.5. The lowest BCUT2D eigenvalue weighted by Crippen LogP contribution is -2.03. The minimum Gasteiger partial charge on any atom is -0.390 e. The fraction of sp³-hybridized carbons (Fsp3) is 0.0625. The van der Waals surface area contributed by atoms with Crippen LogP contribution in [-0.2, 0) is 4.79 Å². The highest BCUT2D eigenvalue weighted by Crippen LogP contribution is 2.24. The second kappa shape index (κ2) is 6.18. The predicted molar refractivity (Wildman–Crippen MR) is 83.1 cm³/mol. The standard InChI is InChI=1S/C16H11ClFN3O2/c1-10(22)23-16-19-15(11-2-6-13(18)7-3-11)21(20-16)14-8-4-12(17)5-9-14/h2-9H,1H3. The number of ether oxygens (including phenoxy) is 1. The minimum atomic E-state index is -0.524. The maximum absolute atomic E-state index is 13.1. The van der Waals surface area contributed by atoms with Gasteiger partial charge < -0.3 is 4.74 Å². The van der Waals surface area contributed by atoms with Crippen molar-refractivity contribution in [3.8, 4) is 23.1 Å². The number of nitrogens with zero attached hydrogens (tertiary/aromatic N) is 3. The maximum atomic E-state index is 13.1. The summed E-state index contributed by atoms with van der Waals surface area (Å²) in [7, 11) is 0. The van der Waals surface area contributed by atoms with Crippen molar-refractivity contribution in [2.45, 2.75) is 6.92 Å². The summed E-state index contributed by atoms with van der Waals surface area (Å²) in [5.41, 5.74) is 1.31. The molecule has 1 heterocycles. The van der Waals surface area contributed by atoms with E-state index in [-0.39, 0.29) is 11.8 Å². The third-order valence-corrected chi connectivity index (χ3v) is 3.25. The van der Waals surface area contributed by atoms with Crippen molar-refractivity contribution < 1.29 is 13.9 Å². The van der Waals surface area contributed by atoms with E-state index in [4.69, 9.17) is 16.3 Å². The smallest absolute Gasteiger partial charge is 0.344 e. The molecule has 3 rings (SSSR count). The van der Waals surface area contributed by atoms with Gasteiger partial charge in [-0.25, -0.2) is 9.07 Å². The molecule has 1 aromatic heterocycles. The zero-order valence-electron chi connectivity index (χ0n) is 12.0. The summed E-state index contributed by atoms with van der Waals surface area (Å²) in [5.74, 6) is -0.459. The Bertz CT molecular complexity index is 782. The van der Waals surface area contributed by atoms with Gasteiger partial charge in [-0.15, -0.1) is 5.10 Å². The average molecular weight is 332 g/mol. The highest BCUT2D eigenvalue weighted by molar-refractivity contribution is 6.30. The first-order valence-electron chi connectivity index (χ1n) is 6.70. The number of benzene rings is 2. The van der Waals surface area contributed by atoms with E-state index < -0.39 is 5.97 Å². The topological polar surface area (TPSA) is 57.0 Å². The van der Waals surface area contributed by atoms with E-state index in [0.29, 0.717) is 22.1 Å². The zero-order valence-corrected chi connectivity index (χ0v) is 12.8. The molecule has 0 unspecified atom stereocenters. The van der Waals surface area contributed by atoms with Gasteiger partial charge >= 0.3 is 12.0 Å². The van der Waals surface area contributed by atoms with Gasteiger partial charge in [-0.05, 0) is 48.5 Å². The predicted octanol–water partition coefficient (Wildman–Crippen LogP) is 3.65. The van der Waals surface area contributed by atoms with Crippen LogP contribution in [0.2, 0.25) is 5.02 Å². The minimum absolute atomic E-state index is 0.0771. The molecular weight excluding hydrogens is 321 g/mol. The van der Waals surface area contributed by atoms with Crippen molar-refractivity contribution in [1.29, 1.82) is 0 Å².